The maximum absolute atomic E-state index is 3.66. The third-order valence-corrected chi connectivity index (χ3v) is 9.03. The summed E-state index contributed by atoms with van der Waals surface area (Å²) in [6.45, 7) is 12.1. The lowest BCUT2D eigenvalue weighted by molar-refractivity contribution is 0.233. The summed E-state index contributed by atoms with van der Waals surface area (Å²) in [6, 6.07) is 29.4. The van der Waals surface area contributed by atoms with Crippen molar-refractivity contribution >= 4 is 43.6 Å². The third-order valence-electron chi connectivity index (χ3n) is 9.03. The molecule has 2 heterocycles. The van der Waals surface area contributed by atoms with Crippen molar-refractivity contribution in [1.29, 1.82) is 0 Å². The fraction of sp³-hybridized carbons (Fsp3) is 0.273. The predicted octanol–water partition coefficient (Wildman–Crippen LogP) is 9.01. The summed E-state index contributed by atoms with van der Waals surface area (Å²) in [5.74, 6) is 0.629. The second-order valence-electron chi connectivity index (χ2n) is 11.9. The number of hydrogen-bond acceptors (Lipinski definition) is 0. The Hall–Kier alpha value is -3.52. The van der Waals surface area contributed by atoms with E-state index in [9.17, 15) is 0 Å². The Labute approximate surface area is 206 Å². The second-order valence-corrected chi connectivity index (χ2v) is 11.9. The first kappa shape index (κ1) is 20.8. The van der Waals surface area contributed by atoms with Crippen molar-refractivity contribution < 1.29 is 0 Å². The van der Waals surface area contributed by atoms with E-state index in [1.165, 1.54) is 66.8 Å². The molecule has 2 aromatic heterocycles. The fourth-order valence-electron chi connectivity index (χ4n) is 6.78. The topological polar surface area (TPSA) is 20.7 Å². The van der Waals surface area contributed by atoms with E-state index in [0.29, 0.717) is 5.92 Å². The van der Waals surface area contributed by atoms with Gasteiger partial charge in [-0.15, -0.1) is 0 Å². The van der Waals surface area contributed by atoms with Crippen LogP contribution >= 0.6 is 0 Å². The zero-order chi connectivity index (χ0) is 24.1. The quantitative estimate of drug-likeness (QED) is 0.255. The molecule has 1 aliphatic rings. The molecule has 1 aliphatic carbocycles. The van der Waals surface area contributed by atoms with Crippen LogP contribution in [-0.4, -0.2) is 9.55 Å². The molecule has 1 atom stereocenters. The van der Waals surface area contributed by atoms with Gasteiger partial charge in [-0.2, -0.15) is 0 Å². The monoisotopic (exact) mass is 456 g/mol. The molecule has 0 spiro atoms. The molecule has 0 bridgehead atoms. The molecule has 2 nitrogen and oxygen atoms in total. The van der Waals surface area contributed by atoms with Crippen LogP contribution in [0.5, 0.6) is 0 Å². The number of aromatic amines is 1. The highest BCUT2D eigenvalue weighted by Crippen LogP contribution is 2.50. The third kappa shape index (κ3) is 2.77. The van der Waals surface area contributed by atoms with E-state index in [1.807, 2.05) is 0 Å². The summed E-state index contributed by atoms with van der Waals surface area (Å²) < 4.78 is 2.47. The van der Waals surface area contributed by atoms with Gasteiger partial charge in [0.05, 0.1) is 11.0 Å². The molecule has 0 radical (unpaired) electrons. The number of nitrogens with one attached hydrogen (secondary N) is 1. The first-order valence-electron chi connectivity index (χ1n) is 12.8. The van der Waals surface area contributed by atoms with Crippen molar-refractivity contribution in [2.45, 2.75) is 51.9 Å². The first-order chi connectivity index (χ1) is 16.8. The number of benzene rings is 4. The van der Waals surface area contributed by atoms with Crippen molar-refractivity contribution in [3.8, 4) is 5.69 Å². The standard InChI is InChI=1S/C33H32N2/c1-20-19-32(2,3)26-15-14-21(16-27(26)33(20,4)5)35-30-13-9-7-11-23(30)25-17-24-22-10-6-8-12-28(22)34-29(24)18-31(25)35/h6-18,20,34H,19H2,1-5H3. The normalized spacial score (nSPS) is 19.1. The van der Waals surface area contributed by atoms with Gasteiger partial charge in [-0.05, 0) is 70.7 Å². The highest BCUT2D eigenvalue weighted by molar-refractivity contribution is 6.18. The van der Waals surface area contributed by atoms with Crippen LogP contribution in [0.15, 0.2) is 78.9 Å². The summed E-state index contributed by atoms with van der Waals surface area (Å²) in [7, 11) is 0. The van der Waals surface area contributed by atoms with E-state index in [2.05, 4.69) is 123 Å². The van der Waals surface area contributed by atoms with Crippen molar-refractivity contribution in [3.63, 3.8) is 0 Å². The Morgan fingerprint density at radius 2 is 1.43 bits per heavy atom. The van der Waals surface area contributed by atoms with Gasteiger partial charge in [0, 0.05) is 38.3 Å². The van der Waals surface area contributed by atoms with Crippen LogP contribution in [0.25, 0.3) is 49.3 Å². The molecule has 7 rings (SSSR count). The highest BCUT2D eigenvalue weighted by Gasteiger charge is 2.42. The number of para-hydroxylation sites is 2. The number of H-pyrrole nitrogens is 1. The summed E-state index contributed by atoms with van der Waals surface area (Å²) in [5.41, 5.74) is 9.49. The second kappa shape index (κ2) is 6.79. The zero-order valence-corrected chi connectivity index (χ0v) is 21.2. The average molecular weight is 457 g/mol. The Morgan fingerprint density at radius 1 is 0.686 bits per heavy atom. The van der Waals surface area contributed by atoms with Gasteiger partial charge >= 0.3 is 0 Å². The minimum atomic E-state index is 0.143. The molecule has 2 heteroatoms. The van der Waals surface area contributed by atoms with Gasteiger partial charge < -0.3 is 9.55 Å². The van der Waals surface area contributed by atoms with Crippen molar-refractivity contribution in [3.05, 3.63) is 90.0 Å². The first-order valence-corrected chi connectivity index (χ1v) is 12.8. The maximum atomic E-state index is 3.66. The predicted molar refractivity (Wildman–Crippen MR) is 150 cm³/mol. The molecule has 0 fully saturated rings. The molecule has 174 valence electrons. The molecule has 4 aromatic carbocycles. The van der Waals surface area contributed by atoms with Gasteiger partial charge in [-0.1, -0.05) is 77.1 Å². The van der Waals surface area contributed by atoms with Gasteiger partial charge in [-0.3, -0.25) is 0 Å². The Kier molecular flexibility index (Phi) is 4.04. The molecule has 35 heavy (non-hydrogen) atoms. The SMILES string of the molecule is CC1CC(C)(C)c2ccc(-n3c4ccccc4c4cc5c(cc43)[nH]c3ccccc35)cc2C1(C)C. The van der Waals surface area contributed by atoms with Crippen molar-refractivity contribution in [2.24, 2.45) is 5.92 Å². The largest absolute Gasteiger partial charge is 0.354 e. The van der Waals surface area contributed by atoms with E-state index in [1.54, 1.807) is 0 Å². The number of rotatable bonds is 1. The molecule has 6 aromatic rings. The lowest BCUT2D eigenvalue weighted by Crippen LogP contribution is -2.40. The minimum absolute atomic E-state index is 0.143. The van der Waals surface area contributed by atoms with E-state index in [4.69, 9.17) is 0 Å². The summed E-state index contributed by atoms with van der Waals surface area (Å²) in [4.78, 5) is 3.66. The van der Waals surface area contributed by atoms with Crippen molar-refractivity contribution in [1.82, 2.24) is 9.55 Å². The Bertz CT molecular complexity index is 1790. The van der Waals surface area contributed by atoms with Crippen molar-refractivity contribution in [2.75, 3.05) is 0 Å². The molecule has 1 unspecified atom stereocenters. The summed E-state index contributed by atoms with van der Waals surface area (Å²) in [6.07, 6.45) is 1.22. The van der Waals surface area contributed by atoms with E-state index < -0.39 is 0 Å². The van der Waals surface area contributed by atoms with Crippen LogP contribution in [-0.2, 0) is 10.8 Å². The van der Waals surface area contributed by atoms with Crippen LogP contribution in [0.1, 0.15) is 52.2 Å². The lowest BCUT2D eigenvalue weighted by Gasteiger charge is -2.46. The molecule has 0 saturated carbocycles. The zero-order valence-electron chi connectivity index (χ0n) is 21.2. The molecule has 1 N–H and O–H groups in total. The van der Waals surface area contributed by atoms with Gasteiger partial charge in [0.2, 0.25) is 0 Å². The molecular weight excluding hydrogens is 424 g/mol. The fourth-order valence-corrected chi connectivity index (χ4v) is 6.78. The van der Waals surface area contributed by atoms with Crippen LogP contribution in [0.3, 0.4) is 0 Å². The molecule has 0 amide bonds. The average Bonchev–Trinajstić information content (AvgIpc) is 3.36. The maximum Gasteiger partial charge on any atom is 0.0562 e. The van der Waals surface area contributed by atoms with Crippen LogP contribution in [0, 0.1) is 5.92 Å². The summed E-state index contributed by atoms with van der Waals surface area (Å²) in [5, 5.41) is 5.19. The van der Waals surface area contributed by atoms with E-state index >= 15 is 0 Å². The highest BCUT2D eigenvalue weighted by atomic mass is 15.0. The van der Waals surface area contributed by atoms with E-state index in [0.717, 1.165) is 0 Å². The number of fused-ring (bicyclic) bond motifs is 7. The Morgan fingerprint density at radius 3 is 2.26 bits per heavy atom. The lowest BCUT2D eigenvalue weighted by atomic mass is 9.58. The number of aromatic nitrogens is 2. The van der Waals surface area contributed by atoms with Gasteiger partial charge in [0.15, 0.2) is 0 Å². The van der Waals surface area contributed by atoms with Crippen LogP contribution < -0.4 is 0 Å². The number of hydrogen-bond donors (Lipinski definition) is 1. The van der Waals surface area contributed by atoms with Crippen LogP contribution in [0.2, 0.25) is 0 Å². The molecule has 0 saturated heterocycles. The van der Waals surface area contributed by atoms with Gasteiger partial charge in [0.25, 0.3) is 0 Å². The molecule has 0 aliphatic heterocycles. The minimum Gasteiger partial charge on any atom is -0.354 e. The Balaban J connectivity index is 1.57. The van der Waals surface area contributed by atoms with E-state index in [-0.39, 0.29) is 10.8 Å². The summed E-state index contributed by atoms with van der Waals surface area (Å²) >= 11 is 0. The van der Waals surface area contributed by atoms with Gasteiger partial charge in [-0.25, -0.2) is 0 Å². The smallest absolute Gasteiger partial charge is 0.0562 e. The molecular formula is C33H32N2. The van der Waals surface area contributed by atoms with Gasteiger partial charge in [0.1, 0.15) is 0 Å². The van der Waals surface area contributed by atoms with Crippen LogP contribution in [0.4, 0.5) is 0 Å². The number of nitrogens with zero attached hydrogens (tertiary/aromatic N) is 1.